The maximum absolute atomic E-state index is 4.44. The molecule has 0 N–H and O–H groups in total. The lowest BCUT2D eigenvalue weighted by Gasteiger charge is -2.26. The summed E-state index contributed by atoms with van der Waals surface area (Å²) in [6, 6.07) is 10.9. The second kappa shape index (κ2) is 4.79. The largest absolute Gasteiger partial charge is 0.311 e. The summed E-state index contributed by atoms with van der Waals surface area (Å²) in [5.74, 6) is 0. The first-order valence-corrected chi connectivity index (χ1v) is 8.83. The second-order valence-corrected chi connectivity index (χ2v) is 6.78. The normalized spacial score (nSPS) is 14.1. The maximum Gasteiger partial charge on any atom is 0.0947 e. The van der Waals surface area contributed by atoms with Gasteiger partial charge < -0.3 is 13.5 Å². The minimum atomic E-state index is 0.957. The summed E-state index contributed by atoms with van der Waals surface area (Å²) in [4.78, 5) is 0. The minimum absolute atomic E-state index is 0.957. The van der Waals surface area contributed by atoms with Crippen molar-refractivity contribution in [2.75, 3.05) is 0 Å². The summed E-state index contributed by atoms with van der Waals surface area (Å²) >= 11 is 0. The molecule has 5 rings (SSSR count). The van der Waals surface area contributed by atoms with Gasteiger partial charge in [0.15, 0.2) is 0 Å². The van der Waals surface area contributed by atoms with Crippen molar-refractivity contribution in [2.45, 2.75) is 26.7 Å². The summed E-state index contributed by atoms with van der Waals surface area (Å²) in [7, 11) is 0. The van der Waals surface area contributed by atoms with Gasteiger partial charge in [-0.1, -0.05) is 38.3 Å². The number of allylic oxidation sites excluding steroid dienone is 2. The van der Waals surface area contributed by atoms with Gasteiger partial charge >= 0.3 is 0 Å². The fraction of sp³-hybridized carbons (Fsp3) is 0.182. The van der Waals surface area contributed by atoms with Gasteiger partial charge in [0, 0.05) is 11.4 Å². The Morgan fingerprint density at radius 3 is 2.52 bits per heavy atom. The van der Waals surface area contributed by atoms with Crippen molar-refractivity contribution >= 4 is 41.5 Å². The van der Waals surface area contributed by atoms with Crippen molar-refractivity contribution in [3.63, 3.8) is 0 Å². The highest BCUT2D eigenvalue weighted by atomic mass is 15.1. The molecule has 0 radical (unpaired) electrons. The summed E-state index contributed by atoms with van der Waals surface area (Å²) in [5.41, 5.74) is 7.29. The molecule has 2 aromatic rings. The third-order valence-electron chi connectivity index (χ3n) is 5.46. The van der Waals surface area contributed by atoms with E-state index in [0.29, 0.717) is 0 Å². The van der Waals surface area contributed by atoms with Gasteiger partial charge in [0.05, 0.1) is 38.3 Å². The van der Waals surface area contributed by atoms with Crippen LogP contribution in [0, 0.1) is 6.92 Å². The molecule has 0 unspecified atom stereocenters. The number of aromatic nitrogens is 3. The fourth-order valence-electron chi connectivity index (χ4n) is 4.33. The van der Waals surface area contributed by atoms with Crippen molar-refractivity contribution in [1.29, 1.82) is 0 Å². The number of rotatable bonds is 1. The van der Waals surface area contributed by atoms with Gasteiger partial charge in [-0.15, -0.1) is 0 Å². The lowest BCUT2D eigenvalue weighted by molar-refractivity contribution is 0.857. The fourth-order valence-corrected chi connectivity index (χ4v) is 4.33. The number of para-hydroxylation sites is 1. The van der Waals surface area contributed by atoms with E-state index in [4.69, 9.17) is 0 Å². The van der Waals surface area contributed by atoms with Gasteiger partial charge in [0.1, 0.15) is 0 Å². The quantitative estimate of drug-likeness (QED) is 0.510. The Bertz CT molecular complexity index is 1340. The lowest BCUT2D eigenvalue weighted by atomic mass is 10.1. The summed E-state index contributed by atoms with van der Waals surface area (Å²) in [6.45, 7) is 13.2. The average molecular weight is 327 g/mol. The van der Waals surface area contributed by atoms with Crippen LogP contribution >= 0.6 is 0 Å². The summed E-state index contributed by atoms with van der Waals surface area (Å²) in [6.07, 6.45) is 6.54. The van der Waals surface area contributed by atoms with Gasteiger partial charge in [-0.05, 0) is 44.0 Å². The van der Waals surface area contributed by atoms with Crippen LogP contribution in [0.15, 0.2) is 36.4 Å². The van der Waals surface area contributed by atoms with Crippen LogP contribution in [0.4, 0.5) is 0 Å². The molecule has 1 aromatic heterocycles. The molecular formula is C22H21N3. The SMILES string of the molecule is C=c1c2n(c3cccc4c3-n1c(=C)c1ccc(C)n41)C(CC)=CCC=2. The predicted octanol–water partition coefficient (Wildman–Crippen LogP) is 2.97. The molecule has 25 heavy (non-hydrogen) atoms. The second-order valence-electron chi connectivity index (χ2n) is 6.78. The average Bonchev–Trinajstić information content (AvgIpc) is 3.02. The number of hydrogen-bond acceptors (Lipinski definition) is 0. The lowest BCUT2D eigenvalue weighted by Crippen LogP contribution is -2.47. The van der Waals surface area contributed by atoms with Crippen LogP contribution < -0.4 is 16.0 Å². The zero-order valence-corrected chi connectivity index (χ0v) is 14.7. The molecule has 124 valence electrons. The molecule has 0 atom stereocenters. The van der Waals surface area contributed by atoms with E-state index in [2.05, 4.69) is 83.0 Å². The highest BCUT2D eigenvalue weighted by molar-refractivity contribution is 5.86. The van der Waals surface area contributed by atoms with Crippen molar-refractivity contribution in [2.24, 2.45) is 0 Å². The van der Waals surface area contributed by atoms with E-state index in [1.54, 1.807) is 0 Å². The van der Waals surface area contributed by atoms with Gasteiger partial charge in [-0.25, -0.2) is 0 Å². The first-order valence-electron chi connectivity index (χ1n) is 8.83. The van der Waals surface area contributed by atoms with E-state index >= 15 is 0 Å². The Morgan fingerprint density at radius 2 is 1.72 bits per heavy atom. The smallest absolute Gasteiger partial charge is 0.0947 e. The number of hydrogen-bond donors (Lipinski definition) is 0. The Labute approximate surface area is 146 Å². The van der Waals surface area contributed by atoms with Crippen molar-refractivity contribution in [3.05, 3.63) is 58.1 Å². The number of benzene rings is 1. The van der Waals surface area contributed by atoms with Crippen LogP contribution in [-0.2, 0) is 0 Å². The molecular weight excluding hydrogens is 306 g/mol. The number of aryl methyl sites for hydroxylation is 1. The monoisotopic (exact) mass is 327 g/mol. The van der Waals surface area contributed by atoms with E-state index in [1.807, 2.05) is 0 Å². The van der Waals surface area contributed by atoms with Crippen LogP contribution in [0.25, 0.3) is 47.2 Å². The highest BCUT2D eigenvalue weighted by Gasteiger charge is 2.19. The third-order valence-corrected chi connectivity index (χ3v) is 5.46. The van der Waals surface area contributed by atoms with E-state index in [1.165, 1.54) is 33.5 Å². The molecule has 1 aromatic carbocycles. The minimum Gasteiger partial charge on any atom is -0.311 e. The predicted molar refractivity (Wildman–Crippen MR) is 106 cm³/mol. The number of fused-ring (bicyclic) bond motifs is 4. The zero-order valence-electron chi connectivity index (χ0n) is 14.7. The Hall–Kier alpha value is -2.94. The van der Waals surface area contributed by atoms with Crippen LogP contribution in [0.2, 0.25) is 0 Å². The Kier molecular flexibility index (Phi) is 2.76. The molecule has 0 fully saturated rings. The Balaban J connectivity index is 2.21. The van der Waals surface area contributed by atoms with E-state index in [0.717, 1.165) is 29.1 Å². The molecule has 0 spiro atoms. The van der Waals surface area contributed by atoms with Gasteiger partial charge in [-0.2, -0.15) is 0 Å². The van der Waals surface area contributed by atoms with Gasteiger partial charge in [0.2, 0.25) is 0 Å². The molecule has 0 aliphatic carbocycles. The van der Waals surface area contributed by atoms with Crippen LogP contribution in [-0.4, -0.2) is 13.5 Å². The topological polar surface area (TPSA) is 14.3 Å². The van der Waals surface area contributed by atoms with Crippen molar-refractivity contribution in [3.8, 4) is 5.69 Å². The molecule has 0 bridgehead atoms. The van der Waals surface area contributed by atoms with Crippen molar-refractivity contribution in [1.82, 2.24) is 13.5 Å². The first-order chi connectivity index (χ1) is 12.1. The molecule has 4 heterocycles. The molecule has 3 aliphatic rings. The van der Waals surface area contributed by atoms with E-state index in [9.17, 15) is 0 Å². The molecule has 3 nitrogen and oxygen atoms in total. The zero-order chi connectivity index (χ0) is 17.3. The standard InChI is InChI=1S/C22H21N3/c1-5-17-8-6-9-18-15(3)24-16(4)19-13-12-14(2)23(19)20-10-7-11-21(22(20)24)25(17)18/h7-13H,3-6H2,1-2H3. The van der Waals surface area contributed by atoms with Crippen LogP contribution in [0.3, 0.4) is 0 Å². The first kappa shape index (κ1) is 14.4. The molecule has 0 amide bonds. The van der Waals surface area contributed by atoms with Gasteiger partial charge in [-0.3, -0.25) is 0 Å². The summed E-state index contributed by atoms with van der Waals surface area (Å²) < 4.78 is 6.91. The highest BCUT2D eigenvalue weighted by Crippen LogP contribution is 2.26. The molecule has 0 saturated carbocycles. The Morgan fingerprint density at radius 1 is 0.920 bits per heavy atom. The van der Waals surface area contributed by atoms with E-state index < -0.39 is 0 Å². The van der Waals surface area contributed by atoms with Crippen LogP contribution in [0.1, 0.15) is 25.5 Å². The summed E-state index contributed by atoms with van der Waals surface area (Å²) in [5, 5.41) is 3.18. The molecule has 0 saturated heterocycles. The molecule has 3 aliphatic heterocycles. The molecule has 3 heteroatoms. The van der Waals surface area contributed by atoms with Crippen molar-refractivity contribution < 1.29 is 0 Å². The van der Waals surface area contributed by atoms with E-state index in [-0.39, 0.29) is 0 Å². The van der Waals surface area contributed by atoms with Gasteiger partial charge in [0.25, 0.3) is 0 Å². The van der Waals surface area contributed by atoms with Crippen LogP contribution in [0.5, 0.6) is 0 Å². The maximum atomic E-state index is 4.44. The third kappa shape index (κ3) is 1.65. The number of nitrogens with zero attached hydrogens (tertiary/aromatic N) is 3.